The molecule has 0 saturated heterocycles. The Balaban J connectivity index is 1.89. The van der Waals surface area contributed by atoms with E-state index in [1.807, 2.05) is 6.07 Å². The number of halogens is 2. The van der Waals surface area contributed by atoms with E-state index < -0.39 is 34.8 Å². The molecule has 5 rings (SSSR count). The lowest BCUT2D eigenvalue weighted by atomic mass is 9.75. The fourth-order valence-corrected chi connectivity index (χ4v) is 5.36. The van der Waals surface area contributed by atoms with E-state index in [4.69, 9.17) is 21.1 Å². The lowest BCUT2D eigenvalue weighted by Gasteiger charge is -2.38. The van der Waals surface area contributed by atoms with E-state index in [1.54, 1.807) is 48.5 Å². The van der Waals surface area contributed by atoms with E-state index in [0.717, 1.165) is 4.47 Å². The monoisotopic (exact) mass is 513 g/mol. The maximum absolute atomic E-state index is 14.1. The van der Waals surface area contributed by atoms with Gasteiger partial charge in [0.05, 0.1) is 18.1 Å². The van der Waals surface area contributed by atoms with Gasteiger partial charge in [0.1, 0.15) is 17.4 Å². The van der Waals surface area contributed by atoms with Crippen LogP contribution >= 0.6 is 27.5 Å². The van der Waals surface area contributed by atoms with Gasteiger partial charge in [0.2, 0.25) is 11.4 Å². The van der Waals surface area contributed by atoms with Gasteiger partial charge in [0.15, 0.2) is 5.60 Å². The highest BCUT2D eigenvalue weighted by Gasteiger charge is 2.77. The highest BCUT2D eigenvalue weighted by molar-refractivity contribution is 9.10. The Morgan fingerprint density at radius 3 is 2.53 bits per heavy atom. The molecular formula is C24H17BrClNO5. The van der Waals surface area contributed by atoms with E-state index in [-0.39, 0.29) is 16.5 Å². The summed E-state index contributed by atoms with van der Waals surface area (Å²) in [5.74, 6) is -3.43. The number of aliphatic hydroxyl groups is 1. The molecule has 0 amide bonds. The molecule has 162 valence electrons. The van der Waals surface area contributed by atoms with Gasteiger partial charge in [-0.3, -0.25) is 14.6 Å². The summed E-state index contributed by atoms with van der Waals surface area (Å²) >= 11 is 9.57. The minimum Gasteiger partial charge on any atom is -0.472 e. The molecule has 1 aliphatic carbocycles. The highest BCUT2D eigenvalue weighted by Crippen LogP contribution is 2.64. The van der Waals surface area contributed by atoms with Crippen LogP contribution in [-0.2, 0) is 25.5 Å². The fraction of sp³-hybridized carbons (Fsp3) is 0.208. The number of methoxy groups -OCH3 is 1. The third-order valence-corrected chi connectivity index (χ3v) is 6.98. The van der Waals surface area contributed by atoms with Crippen molar-refractivity contribution < 1.29 is 24.2 Å². The summed E-state index contributed by atoms with van der Waals surface area (Å²) in [6.45, 7) is 0. The second kappa shape index (κ2) is 7.40. The smallest absolute Gasteiger partial charge is 0.313 e. The van der Waals surface area contributed by atoms with E-state index in [2.05, 4.69) is 20.9 Å². The zero-order valence-electron chi connectivity index (χ0n) is 16.8. The summed E-state index contributed by atoms with van der Waals surface area (Å²) in [5, 5.41) is 12.2. The number of hydrogen-bond donors (Lipinski definition) is 1. The van der Waals surface area contributed by atoms with Crippen molar-refractivity contribution in [3.05, 3.63) is 93.2 Å². The van der Waals surface area contributed by atoms with Crippen molar-refractivity contribution >= 4 is 39.3 Å². The zero-order valence-corrected chi connectivity index (χ0v) is 19.1. The van der Waals surface area contributed by atoms with E-state index >= 15 is 0 Å². The number of ketones is 1. The van der Waals surface area contributed by atoms with Crippen molar-refractivity contribution in [1.29, 1.82) is 0 Å². The Labute approximate surface area is 197 Å². The van der Waals surface area contributed by atoms with Crippen LogP contribution in [0.3, 0.4) is 0 Å². The third-order valence-electron chi connectivity index (χ3n) is 6.24. The van der Waals surface area contributed by atoms with Gasteiger partial charge in [-0.2, -0.15) is 0 Å². The van der Waals surface area contributed by atoms with Gasteiger partial charge in [-0.15, -0.1) is 0 Å². The van der Waals surface area contributed by atoms with Gasteiger partial charge in [-0.05, 0) is 17.7 Å². The standard InChI is InChI=1S/C24H17BrClNO5/c1-31-21(28)19-18(13-5-3-2-4-6-13)24(14-7-9-15(25)10-8-14)22(29)23(19,30)20-17(32-24)11-16(26)12-27-20/h2-12,18-19,30H,1H3/t18-,19-,23-,24?/m1/s1. The summed E-state index contributed by atoms with van der Waals surface area (Å²) in [6.07, 6.45) is 1.31. The van der Waals surface area contributed by atoms with Gasteiger partial charge < -0.3 is 14.6 Å². The first kappa shape index (κ1) is 21.1. The van der Waals surface area contributed by atoms with Gasteiger partial charge in [-0.1, -0.05) is 70.0 Å². The number of nitrogens with zero attached hydrogens (tertiary/aromatic N) is 1. The van der Waals surface area contributed by atoms with E-state index in [1.165, 1.54) is 19.4 Å². The van der Waals surface area contributed by atoms with Crippen LogP contribution in [0, 0.1) is 5.92 Å². The third kappa shape index (κ3) is 2.71. The number of pyridine rings is 1. The van der Waals surface area contributed by atoms with Crippen LogP contribution < -0.4 is 4.74 Å². The fourth-order valence-electron chi connectivity index (χ4n) is 4.95. The molecule has 32 heavy (non-hydrogen) atoms. The summed E-state index contributed by atoms with van der Waals surface area (Å²) < 4.78 is 12.3. The topological polar surface area (TPSA) is 85.7 Å². The van der Waals surface area contributed by atoms with Crippen molar-refractivity contribution in [3.63, 3.8) is 0 Å². The SMILES string of the molecule is COC(=O)[C@H]1[C@@H](c2ccccc2)C2(c3ccc(Br)cc3)Oc3cc(Cl)cnc3[C@@]1(O)C2=O. The maximum Gasteiger partial charge on any atom is 0.313 e. The predicted octanol–water partition coefficient (Wildman–Crippen LogP) is 4.13. The molecule has 2 heterocycles. The van der Waals surface area contributed by atoms with Crippen LogP contribution in [0.1, 0.15) is 22.7 Å². The maximum atomic E-state index is 14.1. The molecule has 1 unspecified atom stereocenters. The Morgan fingerprint density at radius 2 is 1.88 bits per heavy atom. The van der Waals surface area contributed by atoms with Crippen LogP contribution in [0.5, 0.6) is 5.75 Å². The van der Waals surface area contributed by atoms with E-state index in [9.17, 15) is 14.7 Å². The van der Waals surface area contributed by atoms with Crippen LogP contribution in [0.25, 0.3) is 0 Å². The number of ether oxygens (including phenoxy) is 2. The minimum atomic E-state index is -2.27. The lowest BCUT2D eigenvalue weighted by Crippen LogP contribution is -2.51. The molecule has 4 atom stereocenters. The summed E-state index contributed by atoms with van der Waals surface area (Å²) in [7, 11) is 1.23. The quantitative estimate of drug-likeness (QED) is 0.529. The van der Waals surface area contributed by atoms with Crippen LogP contribution in [0.15, 0.2) is 71.3 Å². The number of carbonyl (C=O) groups excluding carboxylic acids is 2. The molecule has 6 nitrogen and oxygen atoms in total. The number of hydrogen-bond acceptors (Lipinski definition) is 6. The average Bonchev–Trinajstić information content (AvgIpc) is 2.93. The molecule has 8 heteroatoms. The molecule has 1 aromatic heterocycles. The Hall–Kier alpha value is -2.74. The second-order valence-corrected chi connectivity index (χ2v) is 9.18. The van der Waals surface area contributed by atoms with E-state index in [0.29, 0.717) is 11.1 Å². The molecule has 1 aliphatic heterocycles. The highest BCUT2D eigenvalue weighted by atomic mass is 79.9. The van der Waals surface area contributed by atoms with Crippen molar-refractivity contribution in [2.45, 2.75) is 17.1 Å². The van der Waals surface area contributed by atoms with Gasteiger partial charge in [0, 0.05) is 22.3 Å². The van der Waals surface area contributed by atoms with Gasteiger partial charge >= 0.3 is 5.97 Å². The number of rotatable bonds is 3. The summed E-state index contributed by atoms with van der Waals surface area (Å²) in [4.78, 5) is 31.5. The number of aromatic nitrogens is 1. The first-order valence-electron chi connectivity index (χ1n) is 9.85. The zero-order chi connectivity index (χ0) is 22.7. The number of benzene rings is 2. The Kier molecular flexibility index (Phi) is 4.89. The van der Waals surface area contributed by atoms with Crippen molar-refractivity contribution in [2.75, 3.05) is 7.11 Å². The number of Topliss-reactive ketones (excluding diaryl/α,β-unsaturated/α-hetero) is 1. The van der Waals surface area contributed by atoms with Crippen LogP contribution in [0.2, 0.25) is 5.02 Å². The van der Waals surface area contributed by atoms with Crippen LogP contribution in [0.4, 0.5) is 0 Å². The Morgan fingerprint density at radius 1 is 1.19 bits per heavy atom. The molecule has 0 radical (unpaired) electrons. The molecule has 1 N–H and O–H groups in total. The molecule has 0 spiro atoms. The molecule has 2 bridgehead atoms. The van der Waals surface area contributed by atoms with Crippen LogP contribution in [-0.4, -0.2) is 29.0 Å². The molecule has 2 aliphatic rings. The van der Waals surface area contributed by atoms with Crippen molar-refractivity contribution in [2.24, 2.45) is 5.92 Å². The Bertz CT molecular complexity index is 1230. The molecule has 3 aromatic rings. The predicted molar refractivity (Wildman–Crippen MR) is 119 cm³/mol. The first-order valence-corrected chi connectivity index (χ1v) is 11.0. The van der Waals surface area contributed by atoms with Gasteiger partial charge in [0.25, 0.3) is 0 Å². The number of carbonyl (C=O) groups is 2. The first-order chi connectivity index (χ1) is 15.3. The molecule has 1 saturated carbocycles. The normalized spacial score (nSPS) is 28.1. The minimum absolute atomic E-state index is 0.0477. The van der Waals surface area contributed by atoms with Crippen molar-refractivity contribution in [3.8, 4) is 5.75 Å². The molecular weight excluding hydrogens is 498 g/mol. The second-order valence-electron chi connectivity index (χ2n) is 7.83. The number of esters is 1. The summed E-state index contributed by atoms with van der Waals surface area (Å²) in [5.41, 5.74) is -2.87. The summed E-state index contributed by atoms with van der Waals surface area (Å²) in [6, 6.07) is 17.6. The molecule has 2 aromatic carbocycles. The average molecular weight is 515 g/mol. The van der Waals surface area contributed by atoms with Gasteiger partial charge in [-0.25, -0.2) is 0 Å². The largest absolute Gasteiger partial charge is 0.472 e. The lowest BCUT2D eigenvalue weighted by molar-refractivity contribution is -0.163. The molecule has 1 fully saturated rings. The van der Waals surface area contributed by atoms with Crippen molar-refractivity contribution in [1.82, 2.24) is 4.98 Å². The number of fused-ring (bicyclic) bond motifs is 4.